The minimum Gasteiger partial charge on any atom is -0.459 e. The zero-order valence-corrected chi connectivity index (χ0v) is 16.8. The summed E-state index contributed by atoms with van der Waals surface area (Å²) in [7, 11) is -3.54. The number of hydrogen-bond donors (Lipinski definition) is 1. The molecule has 1 aliphatic rings. The molecule has 0 bridgehead atoms. The van der Waals surface area contributed by atoms with Gasteiger partial charge >= 0.3 is 0 Å². The third kappa shape index (κ3) is 4.17. The lowest BCUT2D eigenvalue weighted by atomic mass is 10.3. The van der Waals surface area contributed by atoms with E-state index >= 15 is 0 Å². The molecule has 3 heterocycles. The van der Waals surface area contributed by atoms with Crippen LogP contribution in [0.4, 0.5) is 0 Å². The van der Waals surface area contributed by atoms with E-state index in [1.54, 1.807) is 23.1 Å². The van der Waals surface area contributed by atoms with Crippen molar-refractivity contribution in [2.75, 3.05) is 32.7 Å². The van der Waals surface area contributed by atoms with Crippen LogP contribution in [-0.4, -0.2) is 62.2 Å². The first-order valence-electron chi connectivity index (χ1n) is 7.73. The Bertz CT molecular complexity index is 886. The zero-order chi connectivity index (χ0) is 18.7. The molecule has 2 aromatic rings. The van der Waals surface area contributed by atoms with E-state index in [0.29, 0.717) is 0 Å². The van der Waals surface area contributed by atoms with Crippen LogP contribution in [0.25, 0.3) is 0 Å². The second-order valence-corrected chi connectivity index (χ2v) is 10.1. The number of furan rings is 1. The van der Waals surface area contributed by atoms with Gasteiger partial charge in [0.1, 0.15) is 4.21 Å². The summed E-state index contributed by atoms with van der Waals surface area (Å²) < 4.78 is 32.5. The maximum absolute atomic E-state index is 12.6. The first-order valence-corrected chi connectivity index (χ1v) is 10.8. The van der Waals surface area contributed by atoms with E-state index in [-0.39, 0.29) is 48.6 Å². The second-order valence-electron chi connectivity index (χ2n) is 5.50. The van der Waals surface area contributed by atoms with E-state index in [1.165, 1.54) is 16.6 Å². The highest BCUT2D eigenvalue weighted by Crippen LogP contribution is 2.28. The SMILES string of the molecule is O=C(NCC(=O)N1CCN(S(=O)(=O)c2ccc(Br)s2)CC1)c1ccco1. The van der Waals surface area contributed by atoms with Gasteiger partial charge in [-0.3, -0.25) is 9.59 Å². The van der Waals surface area contributed by atoms with E-state index in [4.69, 9.17) is 4.42 Å². The molecule has 0 aliphatic carbocycles. The molecule has 1 fully saturated rings. The first-order chi connectivity index (χ1) is 12.4. The maximum atomic E-state index is 12.6. The summed E-state index contributed by atoms with van der Waals surface area (Å²) in [5, 5.41) is 2.49. The van der Waals surface area contributed by atoms with Crippen LogP contribution in [0.15, 0.2) is 42.9 Å². The molecule has 0 spiro atoms. The van der Waals surface area contributed by atoms with Gasteiger partial charge < -0.3 is 14.6 Å². The number of halogens is 1. The van der Waals surface area contributed by atoms with Gasteiger partial charge in [0.15, 0.2) is 5.76 Å². The lowest BCUT2D eigenvalue weighted by molar-refractivity contribution is -0.131. The molecule has 0 unspecified atom stereocenters. The first kappa shape index (κ1) is 19.1. The number of hydrogen-bond acceptors (Lipinski definition) is 6. The summed E-state index contributed by atoms with van der Waals surface area (Å²) >= 11 is 4.42. The number of thiophene rings is 1. The van der Waals surface area contributed by atoms with Crippen molar-refractivity contribution < 1.29 is 22.4 Å². The fourth-order valence-electron chi connectivity index (χ4n) is 2.50. The van der Waals surface area contributed by atoms with E-state index in [0.717, 1.165) is 15.1 Å². The van der Waals surface area contributed by atoms with Crippen LogP contribution in [0.5, 0.6) is 0 Å². The lowest BCUT2D eigenvalue weighted by Crippen LogP contribution is -2.52. The lowest BCUT2D eigenvalue weighted by Gasteiger charge is -2.33. The monoisotopic (exact) mass is 461 g/mol. The van der Waals surface area contributed by atoms with Gasteiger partial charge in [-0.15, -0.1) is 11.3 Å². The fraction of sp³-hybridized carbons (Fsp3) is 0.333. The Morgan fingerprint density at radius 1 is 1.19 bits per heavy atom. The molecule has 26 heavy (non-hydrogen) atoms. The van der Waals surface area contributed by atoms with Gasteiger partial charge in [0.05, 0.1) is 16.6 Å². The van der Waals surface area contributed by atoms with Gasteiger partial charge in [-0.1, -0.05) is 0 Å². The molecule has 1 N–H and O–H groups in total. The molecule has 2 amide bonds. The third-order valence-electron chi connectivity index (χ3n) is 3.88. The Morgan fingerprint density at radius 2 is 1.92 bits per heavy atom. The Hall–Kier alpha value is -1.69. The van der Waals surface area contributed by atoms with Crippen molar-refractivity contribution in [2.24, 2.45) is 0 Å². The number of carbonyl (C=O) groups excluding carboxylic acids is 2. The maximum Gasteiger partial charge on any atom is 0.287 e. The third-order valence-corrected chi connectivity index (χ3v) is 7.87. The van der Waals surface area contributed by atoms with Gasteiger partial charge in [0.2, 0.25) is 5.91 Å². The summed E-state index contributed by atoms with van der Waals surface area (Å²) in [5.41, 5.74) is 0. The standard InChI is InChI=1S/C15H16BrN3O5S2/c16-12-3-4-14(25-12)26(22,23)19-7-5-18(6-8-19)13(20)10-17-15(21)11-2-1-9-24-11/h1-4,9H,5-8,10H2,(H,17,21). The Morgan fingerprint density at radius 3 is 2.50 bits per heavy atom. The molecule has 0 atom stereocenters. The average Bonchev–Trinajstić information content (AvgIpc) is 3.31. The molecule has 0 saturated carbocycles. The smallest absolute Gasteiger partial charge is 0.287 e. The Balaban J connectivity index is 1.51. The van der Waals surface area contributed by atoms with Crippen LogP contribution in [0.3, 0.4) is 0 Å². The minimum atomic E-state index is -3.54. The van der Waals surface area contributed by atoms with Gasteiger partial charge in [0, 0.05) is 26.2 Å². The highest BCUT2D eigenvalue weighted by Gasteiger charge is 2.31. The van der Waals surface area contributed by atoms with Gasteiger partial charge in [0.25, 0.3) is 15.9 Å². The summed E-state index contributed by atoms with van der Waals surface area (Å²) in [4.78, 5) is 25.5. The highest BCUT2D eigenvalue weighted by molar-refractivity contribution is 9.11. The molecule has 1 saturated heterocycles. The predicted molar refractivity (Wildman–Crippen MR) is 98.4 cm³/mol. The largest absolute Gasteiger partial charge is 0.459 e. The number of rotatable bonds is 5. The van der Waals surface area contributed by atoms with Crippen molar-refractivity contribution >= 4 is 49.1 Å². The number of sulfonamides is 1. The summed E-state index contributed by atoms with van der Waals surface area (Å²) in [6.07, 6.45) is 1.38. The normalized spacial score (nSPS) is 15.8. The van der Waals surface area contributed by atoms with E-state index in [9.17, 15) is 18.0 Å². The number of piperazine rings is 1. The molecule has 2 aromatic heterocycles. The average molecular weight is 462 g/mol. The topological polar surface area (TPSA) is 99.9 Å². The fourth-order valence-corrected chi connectivity index (χ4v) is 6.09. The Kier molecular flexibility index (Phi) is 5.80. The minimum absolute atomic E-state index is 0.135. The van der Waals surface area contributed by atoms with Crippen molar-refractivity contribution in [3.63, 3.8) is 0 Å². The van der Waals surface area contributed by atoms with Gasteiger partial charge in [-0.05, 0) is 40.2 Å². The number of nitrogens with zero attached hydrogens (tertiary/aromatic N) is 2. The summed E-state index contributed by atoms with van der Waals surface area (Å²) in [5.74, 6) is -0.593. The highest BCUT2D eigenvalue weighted by atomic mass is 79.9. The van der Waals surface area contributed by atoms with Crippen molar-refractivity contribution in [1.29, 1.82) is 0 Å². The van der Waals surface area contributed by atoms with Crippen molar-refractivity contribution in [2.45, 2.75) is 4.21 Å². The molecular formula is C15H16BrN3O5S2. The Labute approximate surface area is 162 Å². The van der Waals surface area contributed by atoms with Crippen molar-refractivity contribution in [3.05, 3.63) is 40.1 Å². The summed E-state index contributed by atoms with van der Waals surface area (Å²) in [6, 6.07) is 6.35. The molecule has 11 heteroatoms. The van der Waals surface area contributed by atoms with Gasteiger partial charge in [-0.25, -0.2) is 8.42 Å². The van der Waals surface area contributed by atoms with E-state index in [1.807, 2.05) is 0 Å². The molecule has 140 valence electrons. The predicted octanol–water partition coefficient (Wildman–Crippen LogP) is 1.37. The number of carbonyl (C=O) groups is 2. The van der Waals surface area contributed by atoms with Crippen LogP contribution < -0.4 is 5.32 Å². The summed E-state index contributed by atoms with van der Waals surface area (Å²) in [6.45, 7) is 0.831. The van der Waals surface area contributed by atoms with E-state index < -0.39 is 15.9 Å². The van der Waals surface area contributed by atoms with Crippen molar-refractivity contribution in [1.82, 2.24) is 14.5 Å². The number of nitrogens with one attached hydrogen (secondary N) is 1. The molecule has 0 aromatic carbocycles. The molecule has 3 rings (SSSR count). The zero-order valence-electron chi connectivity index (χ0n) is 13.6. The van der Waals surface area contributed by atoms with Gasteiger partial charge in [-0.2, -0.15) is 4.31 Å². The van der Waals surface area contributed by atoms with Crippen LogP contribution in [-0.2, 0) is 14.8 Å². The van der Waals surface area contributed by atoms with Crippen LogP contribution in [0, 0.1) is 0 Å². The molecule has 1 aliphatic heterocycles. The molecule has 0 radical (unpaired) electrons. The second kappa shape index (κ2) is 7.91. The van der Waals surface area contributed by atoms with Crippen LogP contribution >= 0.6 is 27.3 Å². The van der Waals surface area contributed by atoms with Crippen LogP contribution in [0.2, 0.25) is 0 Å². The quantitative estimate of drug-likeness (QED) is 0.724. The van der Waals surface area contributed by atoms with E-state index in [2.05, 4.69) is 21.2 Å². The van der Waals surface area contributed by atoms with Crippen molar-refractivity contribution in [3.8, 4) is 0 Å². The molecular weight excluding hydrogens is 446 g/mol. The molecule has 8 nitrogen and oxygen atoms in total. The number of amides is 2. The van der Waals surface area contributed by atoms with Crippen LogP contribution in [0.1, 0.15) is 10.6 Å².